The molecule has 4 saturated heterocycles. The summed E-state index contributed by atoms with van der Waals surface area (Å²) in [7, 11) is 1.38. The molecule has 5 rings (SSSR count). The molecule has 130 valence electrons. The zero-order valence-electron chi connectivity index (χ0n) is 13.9. The molecule has 0 radical (unpaired) electrons. The molecule has 4 aliphatic heterocycles. The normalized spacial score (nSPS) is 33.5. The Morgan fingerprint density at radius 3 is 2.75 bits per heavy atom. The first-order valence-electron chi connectivity index (χ1n) is 8.34. The van der Waals surface area contributed by atoms with Gasteiger partial charge in [-0.3, -0.25) is 4.48 Å². The molecule has 2 unspecified atom stereocenters. The summed E-state index contributed by atoms with van der Waals surface area (Å²) in [5.74, 6) is 1.17. The van der Waals surface area contributed by atoms with E-state index in [0.29, 0.717) is 0 Å². The Kier molecular flexibility index (Phi) is 4.28. The summed E-state index contributed by atoms with van der Waals surface area (Å²) in [6, 6.07) is 6.10. The minimum Gasteiger partial charge on any atom is -0.480 e. The van der Waals surface area contributed by atoms with Crippen LogP contribution in [0.4, 0.5) is 0 Å². The van der Waals surface area contributed by atoms with Crippen molar-refractivity contribution in [3.05, 3.63) is 28.2 Å². The number of methoxy groups -OCH3 is 1. The summed E-state index contributed by atoms with van der Waals surface area (Å²) in [5, 5.41) is 0. The van der Waals surface area contributed by atoms with Crippen molar-refractivity contribution < 1.29 is 18.8 Å². The number of halogens is 1. The Morgan fingerprint density at radius 2 is 2.08 bits per heavy atom. The fourth-order valence-corrected chi connectivity index (χ4v) is 5.14. The van der Waals surface area contributed by atoms with Gasteiger partial charge in [-0.25, -0.2) is 14.6 Å². The number of quaternary nitrogens is 1. The van der Waals surface area contributed by atoms with E-state index in [2.05, 4.69) is 36.5 Å². The number of rotatable bonds is 5. The van der Waals surface area contributed by atoms with Crippen LogP contribution in [0.2, 0.25) is 0 Å². The van der Waals surface area contributed by atoms with E-state index in [1.807, 2.05) is 12.1 Å². The van der Waals surface area contributed by atoms with E-state index in [1.54, 1.807) is 0 Å². The standard InChI is InChI=1S/C17H23BrN3O3/c1-23-16(22)9-24-17-14(3-2-4-15(17)18)8-21-7-13-5-19(11-21)10-20(6-13)12-21/h2-4,13H,5-12H2,1H3/q+1. The second kappa shape index (κ2) is 6.29. The van der Waals surface area contributed by atoms with Gasteiger partial charge in [-0.2, -0.15) is 0 Å². The highest BCUT2D eigenvalue weighted by Crippen LogP contribution is 2.37. The Labute approximate surface area is 150 Å². The average molecular weight is 397 g/mol. The van der Waals surface area contributed by atoms with Crippen LogP contribution in [-0.2, 0) is 16.1 Å². The summed E-state index contributed by atoms with van der Waals surface area (Å²) in [6.45, 7) is 7.90. The zero-order valence-corrected chi connectivity index (χ0v) is 15.5. The molecule has 0 spiro atoms. The van der Waals surface area contributed by atoms with Crippen LogP contribution in [0.5, 0.6) is 5.75 Å². The second-order valence-corrected chi connectivity index (χ2v) is 8.13. The van der Waals surface area contributed by atoms with Crippen LogP contribution in [-0.4, -0.2) is 73.6 Å². The SMILES string of the molecule is COC(=O)COc1c(Br)cccc1C[N+]12CC3CN(CN(C3)C1)C2. The molecule has 4 aliphatic rings. The van der Waals surface area contributed by atoms with E-state index < -0.39 is 0 Å². The molecule has 24 heavy (non-hydrogen) atoms. The zero-order chi connectivity index (χ0) is 16.7. The van der Waals surface area contributed by atoms with Gasteiger partial charge < -0.3 is 9.47 Å². The molecule has 4 heterocycles. The van der Waals surface area contributed by atoms with Gasteiger partial charge in [-0.15, -0.1) is 0 Å². The summed E-state index contributed by atoms with van der Waals surface area (Å²) < 4.78 is 12.4. The lowest BCUT2D eigenvalue weighted by Crippen LogP contribution is -2.75. The minimum atomic E-state index is -0.363. The van der Waals surface area contributed by atoms with Crippen molar-refractivity contribution in [3.8, 4) is 5.75 Å². The predicted molar refractivity (Wildman–Crippen MR) is 92.0 cm³/mol. The number of para-hydroxylation sites is 1. The van der Waals surface area contributed by atoms with Crippen LogP contribution >= 0.6 is 15.9 Å². The number of carbonyl (C=O) groups excluding carboxylic acids is 1. The molecular weight excluding hydrogens is 374 g/mol. The van der Waals surface area contributed by atoms with Gasteiger partial charge in [0.25, 0.3) is 0 Å². The van der Waals surface area contributed by atoms with Crippen molar-refractivity contribution >= 4 is 21.9 Å². The Morgan fingerprint density at radius 1 is 1.33 bits per heavy atom. The van der Waals surface area contributed by atoms with Gasteiger partial charge in [0.1, 0.15) is 25.6 Å². The van der Waals surface area contributed by atoms with Crippen molar-refractivity contribution in [2.75, 3.05) is 53.4 Å². The van der Waals surface area contributed by atoms with Gasteiger partial charge in [-0.05, 0) is 28.1 Å². The fourth-order valence-electron chi connectivity index (χ4n) is 4.62. The van der Waals surface area contributed by atoms with Crippen LogP contribution in [0.3, 0.4) is 0 Å². The lowest BCUT2D eigenvalue weighted by atomic mass is 9.97. The highest BCUT2D eigenvalue weighted by atomic mass is 79.9. The van der Waals surface area contributed by atoms with E-state index in [9.17, 15) is 4.79 Å². The van der Waals surface area contributed by atoms with Crippen molar-refractivity contribution in [2.45, 2.75) is 6.54 Å². The number of benzene rings is 1. The van der Waals surface area contributed by atoms with Crippen molar-refractivity contribution in [2.24, 2.45) is 5.92 Å². The maximum atomic E-state index is 11.4. The van der Waals surface area contributed by atoms with Gasteiger partial charge in [0.15, 0.2) is 6.61 Å². The van der Waals surface area contributed by atoms with Gasteiger partial charge >= 0.3 is 5.97 Å². The van der Waals surface area contributed by atoms with Gasteiger partial charge in [0.05, 0.1) is 24.8 Å². The van der Waals surface area contributed by atoms with E-state index in [1.165, 1.54) is 26.7 Å². The molecule has 1 aromatic rings. The second-order valence-electron chi connectivity index (χ2n) is 7.27. The number of carbonyl (C=O) groups is 1. The first-order valence-corrected chi connectivity index (χ1v) is 9.13. The van der Waals surface area contributed by atoms with E-state index in [4.69, 9.17) is 4.74 Å². The summed E-state index contributed by atoms with van der Waals surface area (Å²) >= 11 is 3.57. The number of nitrogens with zero attached hydrogens (tertiary/aromatic N) is 3. The molecule has 0 saturated carbocycles. The van der Waals surface area contributed by atoms with Gasteiger partial charge in [-0.1, -0.05) is 6.07 Å². The maximum Gasteiger partial charge on any atom is 0.343 e. The molecule has 0 aliphatic carbocycles. The molecule has 0 N–H and O–H groups in total. The monoisotopic (exact) mass is 396 g/mol. The number of hydrogen-bond donors (Lipinski definition) is 0. The summed E-state index contributed by atoms with van der Waals surface area (Å²) in [4.78, 5) is 16.6. The van der Waals surface area contributed by atoms with Crippen LogP contribution in [0, 0.1) is 5.92 Å². The Hall–Kier alpha value is -1.15. The van der Waals surface area contributed by atoms with E-state index in [-0.39, 0.29) is 12.6 Å². The van der Waals surface area contributed by atoms with Crippen LogP contribution in [0.25, 0.3) is 0 Å². The van der Waals surface area contributed by atoms with Crippen LogP contribution < -0.4 is 4.74 Å². The highest BCUT2D eigenvalue weighted by molar-refractivity contribution is 9.10. The average Bonchev–Trinajstić information content (AvgIpc) is 2.52. The highest BCUT2D eigenvalue weighted by Gasteiger charge is 2.49. The maximum absolute atomic E-state index is 11.4. The van der Waals surface area contributed by atoms with E-state index >= 15 is 0 Å². The Balaban J connectivity index is 1.56. The van der Waals surface area contributed by atoms with Crippen molar-refractivity contribution in [3.63, 3.8) is 0 Å². The molecule has 0 amide bonds. The molecule has 4 fully saturated rings. The predicted octanol–water partition coefficient (Wildman–Crippen LogP) is 1.45. The smallest absolute Gasteiger partial charge is 0.343 e. The largest absolute Gasteiger partial charge is 0.480 e. The molecule has 0 aromatic heterocycles. The third kappa shape index (κ3) is 3.06. The fraction of sp³-hybridized carbons (Fsp3) is 0.588. The lowest BCUT2D eigenvalue weighted by Gasteiger charge is -2.59. The molecule has 4 bridgehead atoms. The number of hydrogen-bond acceptors (Lipinski definition) is 5. The first kappa shape index (κ1) is 16.3. The quantitative estimate of drug-likeness (QED) is 0.556. The van der Waals surface area contributed by atoms with Gasteiger partial charge in [0.2, 0.25) is 0 Å². The third-order valence-corrected chi connectivity index (χ3v) is 5.82. The first-order chi connectivity index (χ1) is 11.6. The van der Waals surface area contributed by atoms with Crippen molar-refractivity contribution in [1.82, 2.24) is 9.80 Å². The molecular formula is C17H23BrN3O3+. The van der Waals surface area contributed by atoms with Crippen LogP contribution in [0.1, 0.15) is 5.56 Å². The minimum absolute atomic E-state index is 0.0625. The summed E-state index contributed by atoms with van der Waals surface area (Å²) in [6.07, 6.45) is 0. The Bertz CT molecular complexity index is 617. The van der Waals surface area contributed by atoms with Crippen molar-refractivity contribution in [1.29, 1.82) is 0 Å². The molecule has 6 nitrogen and oxygen atoms in total. The summed E-state index contributed by atoms with van der Waals surface area (Å²) in [5.41, 5.74) is 1.15. The van der Waals surface area contributed by atoms with E-state index in [0.717, 1.165) is 52.7 Å². The lowest BCUT2D eigenvalue weighted by molar-refractivity contribution is -0.981. The van der Waals surface area contributed by atoms with Crippen LogP contribution in [0.15, 0.2) is 22.7 Å². The molecule has 2 atom stereocenters. The van der Waals surface area contributed by atoms with Gasteiger partial charge in [0, 0.05) is 24.6 Å². The third-order valence-electron chi connectivity index (χ3n) is 5.19. The number of ether oxygens (including phenoxy) is 2. The topological polar surface area (TPSA) is 42.0 Å². The number of esters is 1. The molecule has 7 heteroatoms. The molecule has 1 aromatic carbocycles.